The number of halogens is 1. The smallest absolute Gasteiger partial charge is 0.269 e. The molecule has 0 aliphatic rings. The summed E-state index contributed by atoms with van der Waals surface area (Å²) in [5.74, 6) is -0.810. The Balaban J connectivity index is 2.31. The number of pyridine rings is 1. The summed E-state index contributed by atoms with van der Waals surface area (Å²) in [7, 11) is 0. The summed E-state index contributed by atoms with van der Waals surface area (Å²) >= 11 is 5.78. The molecule has 2 aromatic rings. The second-order valence-electron chi connectivity index (χ2n) is 3.09. The van der Waals surface area contributed by atoms with E-state index in [0.717, 1.165) is 6.33 Å². The first-order valence-corrected chi connectivity index (χ1v) is 5.00. The molecule has 0 saturated heterocycles. The van der Waals surface area contributed by atoms with Crippen LogP contribution in [-0.4, -0.2) is 27.8 Å². The molecule has 2 heterocycles. The van der Waals surface area contributed by atoms with Crippen LogP contribution in [0, 0.1) is 0 Å². The van der Waals surface area contributed by atoms with E-state index in [4.69, 9.17) is 15.7 Å². The van der Waals surface area contributed by atoms with E-state index in [1.54, 1.807) is 18.2 Å². The van der Waals surface area contributed by atoms with Gasteiger partial charge in [0.25, 0.3) is 5.91 Å². The number of amides is 1. The molecule has 5 nitrogen and oxygen atoms in total. The Morgan fingerprint density at radius 2 is 2.29 bits per heavy atom. The van der Waals surface area contributed by atoms with E-state index in [9.17, 15) is 4.79 Å². The highest BCUT2D eigenvalue weighted by Gasteiger charge is 2.08. The van der Waals surface area contributed by atoms with Gasteiger partial charge in [-0.05, 0) is 18.2 Å². The fourth-order valence-corrected chi connectivity index (χ4v) is 1.40. The van der Waals surface area contributed by atoms with E-state index >= 15 is 0 Å². The Hall–Kier alpha value is -2.01. The van der Waals surface area contributed by atoms with E-state index in [1.165, 1.54) is 6.07 Å². The molecule has 0 aromatic carbocycles. The van der Waals surface area contributed by atoms with Crippen molar-refractivity contribution in [2.24, 2.45) is 0 Å². The van der Waals surface area contributed by atoms with E-state index in [1.807, 2.05) is 5.32 Å². The molecule has 1 amide bonds. The van der Waals surface area contributed by atoms with Crippen LogP contribution in [0.15, 0.2) is 30.6 Å². The number of carbonyl (C=O) groups excluding carboxylic acids is 1. The third-order valence-corrected chi connectivity index (χ3v) is 2.20. The summed E-state index contributed by atoms with van der Waals surface area (Å²) in [4.78, 5) is 23.5. The average Bonchev–Trinajstić information content (AvgIpc) is 2.37. The number of hydrogen-bond donors (Lipinski definition) is 1. The molecule has 0 aliphatic carbocycles. The van der Waals surface area contributed by atoms with Crippen molar-refractivity contribution in [3.05, 3.63) is 41.4 Å². The summed E-state index contributed by atoms with van der Waals surface area (Å²) in [6, 6.07) is 6.31. The van der Waals surface area contributed by atoms with Crippen molar-refractivity contribution in [1.29, 1.82) is 0 Å². The largest absolute Gasteiger partial charge is 0.354 e. The molecule has 2 aromatic heterocycles. The second-order valence-corrected chi connectivity index (χ2v) is 3.48. The van der Waals surface area contributed by atoms with E-state index < -0.39 is 12.9 Å². The standard InChI is InChI=1S/C11H9ClN4O/c1-13-11(17)9-5-8(14-6-15-9)7-3-2-4-10(12)16-7/h2-6H,1H3,(H,13,17)/i1D3. The van der Waals surface area contributed by atoms with Crippen LogP contribution in [0.25, 0.3) is 11.4 Å². The zero-order valence-corrected chi connectivity index (χ0v) is 9.27. The monoisotopic (exact) mass is 251 g/mol. The summed E-state index contributed by atoms with van der Waals surface area (Å²) in [5.41, 5.74) is 0.772. The number of nitrogens with zero attached hydrogens (tertiary/aromatic N) is 3. The van der Waals surface area contributed by atoms with Crippen LogP contribution in [0.3, 0.4) is 0 Å². The Labute approximate surface area is 107 Å². The highest BCUT2D eigenvalue weighted by molar-refractivity contribution is 6.29. The van der Waals surface area contributed by atoms with Crippen LogP contribution >= 0.6 is 11.6 Å². The zero-order chi connectivity index (χ0) is 14.8. The molecule has 0 unspecified atom stereocenters. The third-order valence-electron chi connectivity index (χ3n) is 1.99. The number of rotatable bonds is 2. The molecule has 0 bridgehead atoms. The van der Waals surface area contributed by atoms with E-state index in [0.29, 0.717) is 11.4 Å². The van der Waals surface area contributed by atoms with Gasteiger partial charge >= 0.3 is 0 Å². The molecule has 0 radical (unpaired) electrons. The van der Waals surface area contributed by atoms with Gasteiger partial charge in [0.1, 0.15) is 17.2 Å². The zero-order valence-electron chi connectivity index (χ0n) is 11.5. The van der Waals surface area contributed by atoms with Crippen LogP contribution in [0.1, 0.15) is 14.6 Å². The van der Waals surface area contributed by atoms with E-state index in [-0.39, 0.29) is 10.8 Å². The summed E-state index contributed by atoms with van der Waals surface area (Å²) < 4.78 is 21.0. The molecule has 6 heteroatoms. The van der Waals surface area contributed by atoms with Gasteiger partial charge in [-0.25, -0.2) is 15.0 Å². The molecule has 86 valence electrons. The van der Waals surface area contributed by atoms with Gasteiger partial charge in [0.05, 0.1) is 11.4 Å². The molecule has 1 N–H and O–H groups in total. The molecule has 0 atom stereocenters. The van der Waals surface area contributed by atoms with Gasteiger partial charge in [-0.3, -0.25) is 4.79 Å². The van der Waals surface area contributed by atoms with Gasteiger partial charge in [0, 0.05) is 11.1 Å². The lowest BCUT2D eigenvalue weighted by Crippen LogP contribution is -2.19. The first kappa shape index (κ1) is 8.14. The van der Waals surface area contributed by atoms with Gasteiger partial charge in [-0.2, -0.15) is 0 Å². The molecule has 0 aliphatic heterocycles. The number of nitrogens with one attached hydrogen (secondary N) is 1. The minimum atomic E-state index is -2.57. The van der Waals surface area contributed by atoms with Crippen molar-refractivity contribution in [3.8, 4) is 11.4 Å². The van der Waals surface area contributed by atoms with Crippen molar-refractivity contribution in [2.75, 3.05) is 6.98 Å². The van der Waals surface area contributed by atoms with Crippen LogP contribution in [0.2, 0.25) is 5.15 Å². The van der Waals surface area contributed by atoms with Gasteiger partial charge < -0.3 is 5.32 Å². The first-order valence-electron chi connectivity index (χ1n) is 6.13. The topological polar surface area (TPSA) is 67.8 Å². The van der Waals surface area contributed by atoms with Crippen molar-refractivity contribution in [2.45, 2.75) is 0 Å². The molecular formula is C11H9ClN4O. The highest BCUT2D eigenvalue weighted by atomic mass is 35.5. The second kappa shape index (κ2) is 4.88. The van der Waals surface area contributed by atoms with Gasteiger partial charge in [-0.15, -0.1) is 0 Å². The fourth-order valence-electron chi connectivity index (χ4n) is 1.24. The minimum Gasteiger partial charge on any atom is -0.354 e. The summed E-state index contributed by atoms with van der Waals surface area (Å²) in [5, 5.41) is 2.14. The summed E-state index contributed by atoms with van der Waals surface area (Å²) in [6.07, 6.45) is 1.16. The van der Waals surface area contributed by atoms with Crippen LogP contribution in [-0.2, 0) is 0 Å². The lowest BCUT2D eigenvalue weighted by Gasteiger charge is -2.02. The lowest BCUT2D eigenvalue weighted by atomic mass is 10.2. The SMILES string of the molecule is [2H]C([2H])([2H])NC(=O)c1cc(-c2cccc(Cl)n2)ncn1. The highest BCUT2D eigenvalue weighted by Crippen LogP contribution is 2.16. The molecule has 0 spiro atoms. The lowest BCUT2D eigenvalue weighted by molar-refractivity contribution is 0.0958. The fraction of sp³-hybridized carbons (Fsp3) is 0.0909. The Morgan fingerprint density at radius 1 is 1.41 bits per heavy atom. The van der Waals surface area contributed by atoms with Crippen LogP contribution < -0.4 is 5.32 Å². The maximum Gasteiger partial charge on any atom is 0.269 e. The first-order chi connectivity index (χ1) is 9.35. The minimum absolute atomic E-state index is 0.0621. The van der Waals surface area contributed by atoms with Crippen LogP contribution in [0.5, 0.6) is 0 Å². The molecule has 2 rings (SSSR count). The van der Waals surface area contributed by atoms with Gasteiger partial charge in [0.15, 0.2) is 0 Å². The van der Waals surface area contributed by atoms with Crippen molar-refractivity contribution in [1.82, 2.24) is 20.3 Å². The van der Waals surface area contributed by atoms with Crippen molar-refractivity contribution >= 4 is 17.5 Å². The van der Waals surface area contributed by atoms with Crippen molar-refractivity contribution < 1.29 is 8.91 Å². The number of carbonyl (C=O) groups is 1. The predicted octanol–water partition coefficient (Wildman–Crippen LogP) is 1.55. The Morgan fingerprint density at radius 3 is 3.06 bits per heavy atom. The molecular weight excluding hydrogens is 240 g/mol. The predicted molar refractivity (Wildman–Crippen MR) is 63.7 cm³/mol. The quantitative estimate of drug-likeness (QED) is 0.823. The van der Waals surface area contributed by atoms with Gasteiger partial charge in [0.2, 0.25) is 0 Å². The normalized spacial score (nSPS) is 13.4. The maximum atomic E-state index is 11.7. The van der Waals surface area contributed by atoms with E-state index in [2.05, 4.69) is 15.0 Å². The Kier molecular flexibility index (Phi) is 2.34. The van der Waals surface area contributed by atoms with Crippen molar-refractivity contribution in [3.63, 3.8) is 0 Å². The Bertz CT molecular complexity index is 648. The molecule has 17 heavy (non-hydrogen) atoms. The number of aromatic nitrogens is 3. The molecule has 0 fully saturated rings. The van der Waals surface area contributed by atoms with Crippen LogP contribution in [0.4, 0.5) is 0 Å². The maximum absolute atomic E-state index is 11.7. The number of hydrogen-bond acceptors (Lipinski definition) is 4. The molecule has 0 saturated carbocycles. The average molecular weight is 252 g/mol. The third kappa shape index (κ3) is 2.57. The van der Waals surface area contributed by atoms with Gasteiger partial charge in [-0.1, -0.05) is 17.7 Å². The summed E-state index contributed by atoms with van der Waals surface area (Å²) in [6.45, 7) is -2.57.